The van der Waals surface area contributed by atoms with Gasteiger partial charge in [0.15, 0.2) is 0 Å². The summed E-state index contributed by atoms with van der Waals surface area (Å²) >= 11 is 13.8. The molecule has 1 saturated heterocycles. The lowest BCUT2D eigenvalue weighted by Gasteiger charge is -2.34. The van der Waals surface area contributed by atoms with Crippen molar-refractivity contribution >= 4 is 67.3 Å². The average Bonchev–Trinajstić information content (AvgIpc) is 3.46. The molecule has 0 aliphatic carbocycles. The molecule has 4 heterocycles. The van der Waals surface area contributed by atoms with Gasteiger partial charge in [0, 0.05) is 45.7 Å². The summed E-state index contributed by atoms with van der Waals surface area (Å²) in [5, 5.41) is 21.4. The predicted octanol–water partition coefficient (Wildman–Crippen LogP) is 7.82. The van der Waals surface area contributed by atoms with E-state index < -0.39 is 23.3 Å². The van der Waals surface area contributed by atoms with Crippen molar-refractivity contribution in [3.05, 3.63) is 79.3 Å². The lowest BCUT2D eigenvalue weighted by atomic mass is 9.98. The number of nitrogens with zero attached hydrogens (tertiary/aromatic N) is 5. The minimum absolute atomic E-state index is 0.0402. The summed E-state index contributed by atoms with van der Waals surface area (Å²) in [4.78, 5) is 35.9. The molecule has 0 amide bonds. The van der Waals surface area contributed by atoms with Crippen molar-refractivity contribution in [1.82, 2.24) is 14.5 Å². The van der Waals surface area contributed by atoms with Gasteiger partial charge in [-0.3, -0.25) is 14.3 Å². The zero-order valence-corrected chi connectivity index (χ0v) is 27.8. The van der Waals surface area contributed by atoms with E-state index in [2.05, 4.69) is 9.97 Å². The summed E-state index contributed by atoms with van der Waals surface area (Å²) in [6, 6.07) is 9.49. The summed E-state index contributed by atoms with van der Waals surface area (Å²) in [5.41, 5.74) is -0.381. The molecule has 248 valence electrons. The molecule has 0 spiro atoms. The topological polar surface area (TPSA) is 121 Å². The van der Waals surface area contributed by atoms with E-state index in [4.69, 9.17) is 27.9 Å². The summed E-state index contributed by atoms with van der Waals surface area (Å²) in [7, 11) is 0. The molecule has 0 bridgehead atoms. The number of aromatic carboxylic acids is 1. The summed E-state index contributed by atoms with van der Waals surface area (Å²) < 4.78 is 51.0. The highest BCUT2D eigenvalue weighted by Crippen LogP contribution is 2.43. The van der Waals surface area contributed by atoms with Crippen molar-refractivity contribution in [2.24, 2.45) is 0 Å². The first kappa shape index (κ1) is 33.5. The molecule has 9 nitrogen and oxygen atoms in total. The predicted molar refractivity (Wildman–Crippen MR) is 179 cm³/mol. The number of alkyl halides is 4. The van der Waals surface area contributed by atoms with Gasteiger partial charge in [0.25, 0.3) is 5.56 Å². The number of nitriles is 1. The second-order valence-corrected chi connectivity index (χ2v) is 13.3. The fourth-order valence-electron chi connectivity index (χ4n) is 6.04. The van der Waals surface area contributed by atoms with E-state index in [0.717, 1.165) is 6.07 Å². The molecule has 0 atom stereocenters. The van der Waals surface area contributed by atoms with Crippen LogP contribution in [0.25, 0.3) is 32.2 Å². The van der Waals surface area contributed by atoms with Crippen LogP contribution >= 0.6 is 34.5 Å². The van der Waals surface area contributed by atoms with Gasteiger partial charge in [0.05, 0.1) is 50.0 Å². The first-order valence-electron chi connectivity index (χ1n) is 14.8. The second kappa shape index (κ2) is 12.9. The van der Waals surface area contributed by atoms with Crippen LogP contribution in [0.4, 0.5) is 18.9 Å². The van der Waals surface area contributed by atoms with Crippen LogP contribution in [-0.2, 0) is 12.7 Å². The maximum absolute atomic E-state index is 14.3. The lowest BCUT2D eigenvalue weighted by Crippen LogP contribution is -2.36. The Bertz CT molecular complexity index is 2210. The number of ether oxygens (including phenoxy) is 1. The van der Waals surface area contributed by atoms with Crippen LogP contribution in [0.5, 0.6) is 5.75 Å². The third kappa shape index (κ3) is 6.16. The van der Waals surface area contributed by atoms with E-state index in [-0.39, 0.29) is 65.2 Å². The summed E-state index contributed by atoms with van der Waals surface area (Å²) in [5.74, 6) is -0.557. The maximum Gasteiger partial charge on any atom is 0.418 e. The molecule has 2 aromatic carbocycles. The Morgan fingerprint density at radius 1 is 1.17 bits per heavy atom. The Kier molecular flexibility index (Phi) is 9.02. The molecule has 48 heavy (non-hydrogen) atoms. The SMILES string of the molecule is Cc1cc(-c2cc(Cl)ccc2OCCn2c(C)nc3cc(C(F)(F)F)c(N4CCC(Cl)CC4)c(C#N)c3c2=O)c2scc(C(=O)O)c2n1. The smallest absolute Gasteiger partial charge is 0.418 e. The number of aromatic nitrogens is 3. The highest BCUT2D eigenvalue weighted by Gasteiger charge is 2.39. The zero-order chi connectivity index (χ0) is 34.5. The van der Waals surface area contributed by atoms with Gasteiger partial charge in [-0.2, -0.15) is 18.4 Å². The third-order valence-corrected chi connectivity index (χ3v) is 9.93. The van der Waals surface area contributed by atoms with Crippen molar-refractivity contribution in [2.75, 3.05) is 24.6 Å². The van der Waals surface area contributed by atoms with Crippen molar-refractivity contribution < 1.29 is 27.8 Å². The minimum atomic E-state index is -4.79. The van der Waals surface area contributed by atoms with Crippen molar-refractivity contribution in [2.45, 2.75) is 44.8 Å². The molecule has 1 N–H and O–H groups in total. The number of fused-ring (bicyclic) bond motifs is 2. The van der Waals surface area contributed by atoms with Crippen LogP contribution < -0.4 is 15.2 Å². The maximum atomic E-state index is 14.3. The van der Waals surface area contributed by atoms with Crippen molar-refractivity contribution in [3.8, 4) is 22.9 Å². The van der Waals surface area contributed by atoms with E-state index in [1.165, 1.54) is 33.1 Å². The van der Waals surface area contributed by atoms with E-state index in [0.29, 0.717) is 50.7 Å². The number of piperidine rings is 1. The molecule has 0 radical (unpaired) electrons. The molecule has 1 fully saturated rings. The van der Waals surface area contributed by atoms with Gasteiger partial charge < -0.3 is 14.7 Å². The van der Waals surface area contributed by atoms with Crippen molar-refractivity contribution in [1.29, 1.82) is 5.26 Å². The molecular formula is C33H26Cl2F3N5O4S. The highest BCUT2D eigenvalue weighted by atomic mass is 35.5. The normalized spacial score (nSPS) is 14.1. The molecular weight excluding hydrogens is 690 g/mol. The Morgan fingerprint density at radius 2 is 1.90 bits per heavy atom. The van der Waals surface area contributed by atoms with Gasteiger partial charge in [-0.05, 0) is 57.0 Å². The number of hydrogen-bond donors (Lipinski definition) is 1. The van der Waals surface area contributed by atoms with Gasteiger partial charge in [-0.25, -0.2) is 9.78 Å². The number of hydrogen-bond acceptors (Lipinski definition) is 8. The fraction of sp³-hybridized carbons (Fsp3) is 0.303. The van der Waals surface area contributed by atoms with Gasteiger partial charge in [-0.1, -0.05) is 11.6 Å². The molecule has 3 aromatic heterocycles. The quantitative estimate of drug-likeness (QED) is 0.169. The second-order valence-electron chi connectivity index (χ2n) is 11.4. The number of anilines is 1. The van der Waals surface area contributed by atoms with Crippen LogP contribution in [-0.4, -0.2) is 50.7 Å². The first-order chi connectivity index (χ1) is 22.8. The highest BCUT2D eigenvalue weighted by molar-refractivity contribution is 7.18. The number of benzene rings is 2. The largest absolute Gasteiger partial charge is 0.491 e. The number of pyridine rings is 1. The number of carboxylic acid groups (broad SMARTS) is 1. The van der Waals surface area contributed by atoms with Crippen LogP contribution in [0.2, 0.25) is 5.02 Å². The fourth-order valence-corrected chi connectivity index (χ4v) is 7.42. The van der Waals surface area contributed by atoms with E-state index >= 15 is 0 Å². The molecule has 1 aliphatic rings. The van der Waals surface area contributed by atoms with E-state index in [9.17, 15) is 33.1 Å². The number of carboxylic acids is 1. The van der Waals surface area contributed by atoms with Crippen molar-refractivity contribution in [3.63, 3.8) is 0 Å². The van der Waals surface area contributed by atoms with E-state index in [1.807, 2.05) is 6.07 Å². The molecule has 1 aliphatic heterocycles. The van der Waals surface area contributed by atoms with E-state index in [1.54, 1.807) is 31.2 Å². The molecule has 5 aromatic rings. The minimum Gasteiger partial charge on any atom is -0.491 e. The molecule has 0 unspecified atom stereocenters. The lowest BCUT2D eigenvalue weighted by molar-refractivity contribution is -0.137. The Morgan fingerprint density at radius 3 is 2.56 bits per heavy atom. The molecule has 0 saturated carbocycles. The Hall–Kier alpha value is -4.38. The molecule has 6 rings (SSSR count). The average molecular weight is 717 g/mol. The van der Waals surface area contributed by atoms with Gasteiger partial charge in [0.1, 0.15) is 24.3 Å². The van der Waals surface area contributed by atoms with Gasteiger partial charge in [-0.15, -0.1) is 22.9 Å². The third-order valence-electron chi connectivity index (χ3n) is 8.25. The Balaban J connectivity index is 1.38. The van der Waals surface area contributed by atoms with Gasteiger partial charge in [0.2, 0.25) is 0 Å². The number of aryl methyl sites for hydroxylation is 2. The van der Waals surface area contributed by atoms with Crippen LogP contribution in [0.3, 0.4) is 0 Å². The van der Waals surface area contributed by atoms with Gasteiger partial charge >= 0.3 is 12.1 Å². The first-order valence-corrected chi connectivity index (χ1v) is 16.5. The number of rotatable bonds is 7. The Labute approximate surface area is 285 Å². The standard InChI is InChI=1S/C33H26Cl2F3N5O4S/c1-16-11-21(30-28(40-16)23(15-48-30)32(45)46)20-12-19(35)3-4-26(20)47-10-9-43-17(2)41-25-13-24(33(36,37)38)29(22(14-39)27(25)31(43)44)42-7-5-18(34)6-8-42/h3-4,11-13,15,18H,5-10H2,1-2H3,(H,45,46). The number of halogens is 5. The number of thiophene rings is 1. The zero-order valence-electron chi connectivity index (χ0n) is 25.5. The summed E-state index contributed by atoms with van der Waals surface area (Å²) in [6.45, 7) is 3.56. The monoisotopic (exact) mass is 715 g/mol. The summed E-state index contributed by atoms with van der Waals surface area (Å²) in [6.07, 6.45) is -3.93. The van der Waals surface area contributed by atoms with Crippen LogP contribution in [0.1, 0.15) is 45.8 Å². The van der Waals surface area contributed by atoms with Crippen LogP contribution in [0.15, 0.2) is 40.5 Å². The molecule has 15 heteroatoms. The number of carbonyl (C=O) groups is 1. The van der Waals surface area contributed by atoms with Crippen LogP contribution in [0, 0.1) is 25.2 Å².